The van der Waals surface area contributed by atoms with Gasteiger partial charge < -0.3 is 9.84 Å². The van der Waals surface area contributed by atoms with Crippen molar-refractivity contribution in [1.29, 1.82) is 0 Å². The van der Waals surface area contributed by atoms with Crippen LogP contribution in [0.1, 0.15) is 46.0 Å². The highest BCUT2D eigenvalue weighted by Crippen LogP contribution is 2.30. The van der Waals surface area contributed by atoms with Crippen LogP contribution in [0, 0.1) is 5.92 Å². The molecule has 0 bridgehead atoms. The van der Waals surface area contributed by atoms with Crippen molar-refractivity contribution in [3.8, 4) is 34.0 Å². The number of aromatic nitrogens is 2. The van der Waals surface area contributed by atoms with E-state index in [1.54, 1.807) is 12.1 Å². The van der Waals surface area contributed by atoms with Crippen LogP contribution in [-0.4, -0.2) is 21.7 Å². The molecular weight excluding hydrogens is 360 g/mol. The number of rotatable bonds is 10. The first-order valence-electron chi connectivity index (χ1n) is 10.5. The molecule has 3 rings (SSSR count). The van der Waals surface area contributed by atoms with E-state index < -0.39 is 0 Å². The summed E-state index contributed by atoms with van der Waals surface area (Å²) in [5.41, 5.74) is 2.81. The molecule has 29 heavy (non-hydrogen) atoms. The minimum Gasteiger partial charge on any atom is -0.508 e. The van der Waals surface area contributed by atoms with E-state index in [1.807, 2.05) is 48.8 Å². The molecule has 0 saturated heterocycles. The van der Waals surface area contributed by atoms with Gasteiger partial charge in [-0.25, -0.2) is 9.97 Å². The van der Waals surface area contributed by atoms with Gasteiger partial charge in [-0.3, -0.25) is 0 Å². The summed E-state index contributed by atoms with van der Waals surface area (Å²) in [6.45, 7) is 5.30. The Kier molecular flexibility index (Phi) is 7.62. The summed E-state index contributed by atoms with van der Waals surface area (Å²) in [7, 11) is 0. The number of hydrogen-bond donors (Lipinski definition) is 1. The molecule has 1 aromatic heterocycles. The Labute approximate surface area is 173 Å². The molecule has 0 amide bonds. The zero-order chi connectivity index (χ0) is 20.5. The number of benzene rings is 2. The fraction of sp³-hybridized carbons (Fsp3) is 0.360. The highest BCUT2D eigenvalue weighted by Gasteiger charge is 2.08. The number of unbranched alkanes of at least 4 members (excludes halogenated alkanes) is 2. The number of phenols is 1. The van der Waals surface area contributed by atoms with Crippen molar-refractivity contribution in [3.05, 3.63) is 60.9 Å². The Balaban J connectivity index is 1.60. The van der Waals surface area contributed by atoms with Crippen molar-refractivity contribution < 1.29 is 9.84 Å². The maximum absolute atomic E-state index is 9.43. The highest BCUT2D eigenvalue weighted by molar-refractivity contribution is 5.70. The molecule has 0 aliphatic carbocycles. The van der Waals surface area contributed by atoms with Crippen molar-refractivity contribution in [2.24, 2.45) is 5.92 Å². The molecular formula is C25H30N2O2. The molecule has 3 aromatic rings. The number of ether oxygens (including phenoxy) is 1. The molecule has 0 aliphatic heterocycles. The van der Waals surface area contributed by atoms with E-state index in [4.69, 9.17) is 4.74 Å². The molecule has 4 nitrogen and oxygen atoms in total. The molecule has 0 radical (unpaired) electrons. The molecule has 1 atom stereocenters. The second-order valence-electron chi connectivity index (χ2n) is 7.55. The van der Waals surface area contributed by atoms with Crippen molar-refractivity contribution in [2.75, 3.05) is 6.61 Å². The van der Waals surface area contributed by atoms with Gasteiger partial charge in [0.2, 0.25) is 0 Å². The van der Waals surface area contributed by atoms with E-state index in [2.05, 4.69) is 23.8 Å². The summed E-state index contributed by atoms with van der Waals surface area (Å²) >= 11 is 0. The Morgan fingerprint density at radius 2 is 1.62 bits per heavy atom. The molecule has 4 heteroatoms. The van der Waals surface area contributed by atoms with Crippen LogP contribution < -0.4 is 4.74 Å². The summed E-state index contributed by atoms with van der Waals surface area (Å²) in [5, 5.41) is 9.43. The second-order valence-corrected chi connectivity index (χ2v) is 7.55. The summed E-state index contributed by atoms with van der Waals surface area (Å²) < 4.78 is 6.07. The fourth-order valence-electron chi connectivity index (χ4n) is 3.22. The van der Waals surface area contributed by atoms with Gasteiger partial charge in [0, 0.05) is 29.1 Å². The Morgan fingerprint density at radius 1 is 0.897 bits per heavy atom. The van der Waals surface area contributed by atoms with Crippen molar-refractivity contribution in [1.82, 2.24) is 9.97 Å². The van der Waals surface area contributed by atoms with Crippen LogP contribution in [0.2, 0.25) is 0 Å². The Bertz CT molecular complexity index is 876. The lowest BCUT2D eigenvalue weighted by Crippen LogP contribution is -2.00. The van der Waals surface area contributed by atoms with E-state index in [0.717, 1.165) is 41.4 Å². The third kappa shape index (κ3) is 6.05. The summed E-state index contributed by atoms with van der Waals surface area (Å²) in [6, 6.07) is 14.9. The van der Waals surface area contributed by atoms with Crippen molar-refractivity contribution in [3.63, 3.8) is 0 Å². The first-order valence-corrected chi connectivity index (χ1v) is 10.5. The summed E-state index contributed by atoms with van der Waals surface area (Å²) in [4.78, 5) is 8.99. The van der Waals surface area contributed by atoms with Gasteiger partial charge in [0.25, 0.3) is 0 Å². The topological polar surface area (TPSA) is 55.2 Å². The first kappa shape index (κ1) is 20.8. The summed E-state index contributed by atoms with van der Waals surface area (Å²) in [6.07, 6.45) is 9.76. The standard InChI is InChI=1S/C25H30N2O2/c1-3-19(2)9-5-4-8-16-29-24-11-7-6-10-23(24)21-17-26-25(27-18-21)20-12-14-22(28)15-13-20/h6-7,10-15,17-19,28H,3-5,8-9,16H2,1-2H3/t19-/m0/s1. The molecule has 0 unspecified atom stereocenters. The molecule has 152 valence electrons. The van der Waals surface area contributed by atoms with Crippen molar-refractivity contribution >= 4 is 0 Å². The van der Waals surface area contributed by atoms with Crippen LogP contribution in [-0.2, 0) is 0 Å². The summed E-state index contributed by atoms with van der Waals surface area (Å²) in [5.74, 6) is 2.56. The quantitative estimate of drug-likeness (QED) is 0.401. The van der Waals surface area contributed by atoms with E-state index in [0.29, 0.717) is 5.82 Å². The largest absolute Gasteiger partial charge is 0.508 e. The predicted molar refractivity (Wildman–Crippen MR) is 118 cm³/mol. The number of aromatic hydroxyl groups is 1. The van der Waals surface area contributed by atoms with Gasteiger partial charge in [0.15, 0.2) is 5.82 Å². The zero-order valence-corrected chi connectivity index (χ0v) is 17.3. The van der Waals surface area contributed by atoms with Gasteiger partial charge in [-0.1, -0.05) is 57.7 Å². The third-order valence-electron chi connectivity index (χ3n) is 5.27. The fourth-order valence-corrected chi connectivity index (χ4v) is 3.22. The van der Waals surface area contributed by atoms with Crippen LogP contribution in [0.15, 0.2) is 60.9 Å². The number of hydrogen-bond acceptors (Lipinski definition) is 4. The van der Waals surface area contributed by atoms with Gasteiger partial charge in [-0.2, -0.15) is 0 Å². The Hall–Kier alpha value is -2.88. The van der Waals surface area contributed by atoms with Gasteiger partial charge in [0.05, 0.1) is 6.61 Å². The lowest BCUT2D eigenvalue weighted by molar-refractivity contribution is 0.303. The minimum atomic E-state index is 0.233. The average Bonchev–Trinajstić information content (AvgIpc) is 2.77. The molecule has 2 aromatic carbocycles. The number of phenolic OH excluding ortho intramolecular Hbond substituents is 1. The smallest absolute Gasteiger partial charge is 0.159 e. The van der Waals surface area contributed by atoms with E-state index in [1.165, 1.54) is 25.7 Å². The van der Waals surface area contributed by atoms with Crippen LogP contribution in [0.5, 0.6) is 11.5 Å². The number of nitrogens with zero attached hydrogens (tertiary/aromatic N) is 2. The monoisotopic (exact) mass is 390 g/mol. The van der Waals surface area contributed by atoms with Gasteiger partial charge in [-0.05, 0) is 42.7 Å². The maximum Gasteiger partial charge on any atom is 0.159 e. The highest BCUT2D eigenvalue weighted by atomic mass is 16.5. The van der Waals surface area contributed by atoms with Crippen molar-refractivity contribution in [2.45, 2.75) is 46.0 Å². The van der Waals surface area contributed by atoms with E-state index in [9.17, 15) is 5.11 Å². The second kappa shape index (κ2) is 10.6. The van der Waals surface area contributed by atoms with Crippen LogP contribution in [0.25, 0.3) is 22.5 Å². The predicted octanol–water partition coefficient (Wildman–Crippen LogP) is 6.50. The molecule has 1 N–H and O–H groups in total. The zero-order valence-electron chi connectivity index (χ0n) is 17.3. The minimum absolute atomic E-state index is 0.233. The van der Waals surface area contributed by atoms with Gasteiger partial charge in [0.1, 0.15) is 11.5 Å². The molecule has 0 fully saturated rings. The SMILES string of the molecule is CC[C@H](C)CCCCCOc1ccccc1-c1cnc(-c2ccc(O)cc2)nc1. The lowest BCUT2D eigenvalue weighted by Gasteiger charge is -2.12. The Morgan fingerprint density at radius 3 is 2.34 bits per heavy atom. The van der Waals surface area contributed by atoms with E-state index >= 15 is 0 Å². The van der Waals surface area contributed by atoms with Crippen LogP contribution in [0.4, 0.5) is 0 Å². The molecule has 0 aliphatic rings. The molecule has 0 spiro atoms. The van der Waals surface area contributed by atoms with E-state index in [-0.39, 0.29) is 5.75 Å². The molecule has 1 heterocycles. The lowest BCUT2D eigenvalue weighted by atomic mass is 10.0. The molecule has 0 saturated carbocycles. The van der Waals surface area contributed by atoms with Crippen LogP contribution in [0.3, 0.4) is 0 Å². The van der Waals surface area contributed by atoms with Gasteiger partial charge in [-0.15, -0.1) is 0 Å². The third-order valence-corrected chi connectivity index (χ3v) is 5.27. The van der Waals surface area contributed by atoms with Crippen LogP contribution >= 0.6 is 0 Å². The van der Waals surface area contributed by atoms with Gasteiger partial charge >= 0.3 is 0 Å². The average molecular weight is 391 g/mol. The first-order chi connectivity index (χ1) is 14.2. The normalized spacial score (nSPS) is 11.9. The maximum atomic E-state index is 9.43. The number of para-hydroxylation sites is 1.